The van der Waals surface area contributed by atoms with Crippen LogP contribution in [0.15, 0.2) is 59.0 Å². The summed E-state index contributed by atoms with van der Waals surface area (Å²) in [5.41, 5.74) is 2.99. The molecule has 3 aromatic rings. The summed E-state index contributed by atoms with van der Waals surface area (Å²) in [6.45, 7) is 12.1. The van der Waals surface area contributed by atoms with E-state index in [4.69, 9.17) is 18.6 Å². The highest BCUT2D eigenvalue weighted by Gasteiger charge is 2.22. The molecule has 1 aromatic heterocycles. The molecule has 0 radical (unpaired) electrons. The fraction of sp³-hybridized carbons (Fsp3) is 0.414. The Balaban J connectivity index is 1.71. The number of methoxy groups -OCH3 is 1. The van der Waals surface area contributed by atoms with Gasteiger partial charge in [0.1, 0.15) is 22.8 Å². The molecular weight excluding hydrogens is 428 g/mol. The van der Waals surface area contributed by atoms with E-state index in [-0.39, 0.29) is 18.0 Å². The number of unbranched alkanes of at least 4 members (excludes halogenated alkanes) is 2. The van der Waals surface area contributed by atoms with Gasteiger partial charge in [-0.1, -0.05) is 46.3 Å². The van der Waals surface area contributed by atoms with E-state index in [1.165, 1.54) is 24.8 Å². The number of hydrogen-bond donors (Lipinski definition) is 0. The number of aryl methyl sites for hydroxylation is 1. The largest absolute Gasteiger partial charge is 0.496 e. The van der Waals surface area contributed by atoms with Gasteiger partial charge in [0.05, 0.1) is 25.9 Å². The lowest BCUT2D eigenvalue weighted by molar-refractivity contribution is -0.142. The molecule has 0 spiro atoms. The molecular formula is C29H36O5. The number of hydrogen-bond acceptors (Lipinski definition) is 5. The Morgan fingerprint density at radius 2 is 1.85 bits per heavy atom. The van der Waals surface area contributed by atoms with Crippen LogP contribution in [0.5, 0.6) is 11.5 Å². The molecule has 0 saturated heterocycles. The Morgan fingerprint density at radius 1 is 1.06 bits per heavy atom. The van der Waals surface area contributed by atoms with Gasteiger partial charge in [-0.3, -0.25) is 0 Å². The fourth-order valence-electron chi connectivity index (χ4n) is 3.61. The third-order valence-corrected chi connectivity index (χ3v) is 5.66. The second kappa shape index (κ2) is 11.3. The van der Waals surface area contributed by atoms with Crippen molar-refractivity contribution in [3.63, 3.8) is 0 Å². The highest BCUT2D eigenvalue weighted by Crippen LogP contribution is 2.36. The van der Waals surface area contributed by atoms with Gasteiger partial charge in [0.25, 0.3) is 0 Å². The Labute approximate surface area is 202 Å². The Kier molecular flexibility index (Phi) is 8.43. The van der Waals surface area contributed by atoms with Gasteiger partial charge in [-0.25, -0.2) is 4.79 Å². The summed E-state index contributed by atoms with van der Waals surface area (Å²) < 4.78 is 23.1. The maximum atomic E-state index is 11.7. The third kappa shape index (κ3) is 6.66. The molecule has 0 atom stereocenters. The van der Waals surface area contributed by atoms with Crippen LogP contribution in [-0.2, 0) is 16.0 Å². The van der Waals surface area contributed by atoms with E-state index in [9.17, 15) is 4.79 Å². The number of furan rings is 1. The van der Waals surface area contributed by atoms with Crippen molar-refractivity contribution in [2.24, 2.45) is 5.41 Å². The normalized spacial score (nSPS) is 11.4. The summed E-state index contributed by atoms with van der Waals surface area (Å²) >= 11 is 0. The lowest BCUT2D eigenvalue weighted by atomic mass is 9.96. The van der Waals surface area contributed by atoms with E-state index in [1.54, 1.807) is 14.0 Å². The van der Waals surface area contributed by atoms with E-state index >= 15 is 0 Å². The molecule has 0 aliphatic heterocycles. The van der Waals surface area contributed by atoms with Crippen molar-refractivity contribution in [3.05, 3.63) is 60.2 Å². The van der Waals surface area contributed by atoms with Gasteiger partial charge >= 0.3 is 5.97 Å². The number of ether oxygens (including phenoxy) is 3. The van der Waals surface area contributed by atoms with Crippen molar-refractivity contribution in [2.45, 2.75) is 53.4 Å². The minimum atomic E-state index is -0.387. The molecule has 0 unspecified atom stereocenters. The lowest BCUT2D eigenvalue weighted by Gasteiger charge is -2.24. The van der Waals surface area contributed by atoms with Crippen LogP contribution in [0.1, 0.15) is 52.5 Å². The van der Waals surface area contributed by atoms with Gasteiger partial charge < -0.3 is 18.6 Å². The average Bonchev–Trinajstić information content (AvgIpc) is 3.24. The van der Waals surface area contributed by atoms with Gasteiger partial charge in [-0.2, -0.15) is 0 Å². The molecule has 0 bridgehead atoms. The first kappa shape index (κ1) is 25.4. The zero-order valence-corrected chi connectivity index (χ0v) is 21.0. The number of rotatable bonds is 12. The maximum absolute atomic E-state index is 11.7. The average molecular weight is 465 g/mol. The molecule has 1 heterocycles. The topological polar surface area (TPSA) is 57.9 Å². The maximum Gasteiger partial charge on any atom is 0.333 e. The molecule has 0 N–H and O–H groups in total. The number of fused-ring (bicyclic) bond motifs is 1. The minimum absolute atomic E-state index is 0.250. The van der Waals surface area contributed by atoms with E-state index < -0.39 is 0 Å². The smallest absolute Gasteiger partial charge is 0.333 e. The van der Waals surface area contributed by atoms with Crippen molar-refractivity contribution in [3.8, 4) is 22.8 Å². The van der Waals surface area contributed by atoms with Crippen LogP contribution in [0, 0.1) is 5.41 Å². The third-order valence-electron chi connectivity index (χ3n) is 5.66. The molecule has 5 nitrogen and oxygen atoms in total. The summed E-state index contributed by atoms with van der Waals surface area (Å²) in [4.78, 5) is 11.7. The van der Waals surface area contributed by atoms with E-state index in [0.29, 0.717) is 17.9 Å². The highest BCUT2D eigenvalue weighted by atomic mass is 16.5. The van der Waals surface area contributed by atoms with Gasteiger partial charge in [0, 0.05) is 22.4 Å². The van der Waals surface area contributed by atoms with Gasteiger partial charge in [0.2, 0.25) is 0 Å². The summed E-state index contributed by atoms with van der Waals surface area (Å²) in [5, 5.41) is 0.992. The molecule has 182 valence electrons. The second-order valence-corrected chi connectivity index (χ2v) is 9.61. The summed E-state index contributed by atoms with van der Waals surface area (Å²) in [6.07, 6.45) is 4.67. The van der Waals surface area contributed by atoms with Crippen molar-refractivity contribution >= 4 is 16.9 Å². The summed E-state index contributed by atoms with van der Waals surface area (Å²) in [6, 6.07) is 14.1. The molecule has 2 aromatic carbocycles. The molecule has 34 heavy (non-hydrogen) atoms. The molecule has 5 heteroatoms. The van der Waals surface area contributed by atoms with Crippen molar-refractivity contribution in [1.29, 1.82) is 0 Å². The van der Waals surface area contributed by atoms with Crippen LogP contribution in [0.3, 0.4) is 0 Å². The van der Waals surface area contributed by atoms with Crippen molar-refractivity contribution in [1.82, 2.24) is 0 Å². The predicted molar refractivity (Wildman–Crippen MR) is 136 cm³/mol. The monoisotopic (exact) mass is 464 g/mol. The van der Waals surface area contributed by atoms with Crippen LogP contribution in [-0.4, -0.2) is 26.3 Å². The number of benzene rings is 2. The molecule has 0 aliphatic carbocycles. The van der Waals surface area contributed by atoms with E-state index in [1.807, 2.05) is 38.1 Å². The SMILES string of the molecule is C=C(C)C(=O)OCC(C)(C)COc1ccc2cc(-c3ccc(CCCCC)cc3OC)oc2c1. The van der Waals surface area contributed by atoms with Crippen LogP contribution in [0.4, 0.5) is 0 Å². The zero-order chi connectivity index (χ0) is 24.7. The standard InChI is InChI=1S/C29H36O5/c1-7-8-9-10-21-11-14-24(26(15-21)31-6)27-16-22-12-13-23(17-25(22)34-27)32-18-29(4,5)19-33-28(30)20(2)3/h11-17H,2,7-10,18-19H2,1,3-6H3. The van der Waals surface area contributed by atoms with Gasteiger partial charge in [-0.05, 0) is 55.7 Å². The number of carbonyl (C=O) groups excluding carboxylic acids is 1. The quantitative estimate of drug-likeness (QED) is 0.159. The van der Waals surface area contributed by atoms with Gasteiger partial charge in [-0.15, -0.1) is 0 Å². The lowest BCUT2D eigenvalue weighted by Crippen LogP contribution is -2.28. The first-order chi connectivity index (χ1) is 16.2. The van der Waals surface area contributed by atoms with Gasteiger partial charge in [0.15, 0.2) is 0 Å². The molecule has 0 aliphatic rings. The van der Waals surface area contributed by atoms with Crippen LogP contribution in [0.25, 0.3) is 22.3 Å². The molecule has 0 amide bonds. The zero-order valence-electron chi connectivity index (χ0n) is 21.0. The number of carbonyl (C=O) groups is 1. The Morgan fingerprint density at radius 3 is 2.56 bits per heavy atom. The van der Waals surface area contributed by atoms with Crippen LogP contribution < -0.4 is 9.47 Å². The highest BCUT2D eigenvalue weighted by molar-refractivity contribution is 5.87. The fourth-order valence-corrected chi connectivity index (χ4v) is 3.61. The summed E-state index contributed by atoms with van der Waals surface area (Å²) in [5.74, 6) is 1.89. The van der Waals surface area contributed by atoms with E-state index in [2.05, 4.69) is 31.7 Å². The summed E-state index contributed by atoms with van der Waals surface area (Å²) in [7, 11) is 1.69. The van der Waals surface area contributed by atoms with Crippen LogP contribution in [0.2, 0.25) is 0 Å². The Bertz CT molecular complexity index is 1140. The molecule has 3 rings (SSSR count). The van der Waals surface area contributed by atoms with Crippen molar-refractivity contribution < 1.29 is 23.4 Å². The molecule has 0 fully saturated rings. The first-order valence-corrected chi connectivity index (χ1v) is 11.9. The number of esters is 1. The Hall–Kier alpha value is -3.21. The molecule has 0 saturated carbocycles. The minimum Gasteiger partial charge on any atom is -0.496 e. The van der Waals surface area contributed by atoms with Crippen LogP contribution >= 0.6 is 0 Å². The second-order valence-electron chi connectivity index (χ2n) is 9.61. The first-order valence-electron chi connectivity index (χ1n) is 11.9. The van der Waals surface area contributed by atoms with E-state index in [0.717, 1.165) is 34.5 Å². The predicted octanol–water partition coefficient (Wildman–Crippen LogP) is 7.37. The van der Waals surface area contributed by atoms with Crippen molar-refractivity contribution in [2.75, 3.05) is 20.3 Å².